The Morgan fingerprint density at radius 1 is 1.00 bits per heavy atom. The lowest BCUT2D eigenvalue weighted by Gasteiger charge is -2.24. The molecule has 4 heterocycles. The van der Waals surface area contributed by atoms with Crippen LogP contribution in [0.1, 0.15) is 12.8 Å². The molecular formula is C24H22F4N6O5. The van der Waals surface area contributed by atoms with Gasteiger partial charge in [0.05, 0.1) is 25.3 Å². The van der Waals surface area contributed by atoms with Crippen molar-refractivity contribution in [1.29, 1.82) is 0 Å². The molecule has 0 aliphatic carbocycles. The first-order chi connectivity index (χ1) is 18.7. The van der Waals surface area contributed by atoms with Crippen LogP contribution in [0.15, 0.2) is 46.1 Å². The first-order valence-corrected chi connectivity index (χ1v) is 12.0. The molecule has 2 aromatic heterocycles. The van der Waals surface area contributed by atoms with Crippen molar-refractivity contribution < 1.29 is 31.9 Å². The van der Waals surface area contributed by atoms with Gasteiger partial charge in [0.15, 0.2) is 17.4 Å². The van der Waals surface area contributed by atoms with Crippen molar-refractivity contribution in [1.82, 2.24) is 18.9 Å². The number of carbonyl (C=O) groups excluding carboxylic acids is 2. The molecule has 1 saturated heterocycles. The van der Waals surface area contributed by atoms with Gasteiger partial charge in [0.2, 0.25) is 0 Å². The van der Waals surface area contributed by atoms with E-state index in [1.807, 2.05) is 0 Å². The number of anilines is 2. The van der Waals surface area contributed by atoms with Crippen LogP contribution in [-0.2, 0) is 22.6 Å². The number of fused-ring (bicyclic) bond motifs is 1. The molecule has 5 rings (SSSR count). The van der Waals surface area contributed by atoms with Crippen LogP contribution in [0.2, 0.25) is 0 Å². The van der Waals surface area contributed by atoms with Crippen molar-refractivity contribution >= 4 is 23.3 Å². The number of hydrogen-bond acceptors (Lipinski definition) is 7. The first-order valence-electron chi connectivity index (χ1n) is 12.0. The van der Waals surface area contributed by atoms with Crippen LogP contribution in [0.25, 0.3) is 5.82 Å². The van der Waals surface area contributed by atoms with Crippen molar-refractivity contribution in [3.63, 3.8) is 0 Å². The van der Waals surface area contributed by atoms with Crippen molar-refractivity contribution in [3.05, 3.63) is 69.1 Å². The number of amides is 1. The van der Waals surface area contributed by atoms with Crippen LogP contribution in [0, 0.1) is 11.6 Å². The van der Waals surface area contributed by atoms with E-state index in [0.717, 1.165) is 21.6 Å². The summed E-state index contributed by atoms with van der Waals surface area (Å²) >= 11 is 0. The fourth-order valence-corrected chi connectivity index (χ4v) is 4.71. The van der Waals surface area contributed by atoms with Gasteiger partial charge in [-0.05, 0) is 18.6 Å². The minimum atomic E-state index is -3.13. The average molecular weight is 550 g/mol. The highest BCUT2D eigenvalue weighted by molar-refractivity contribution is 5.90. The smallest absolute Gasteiger partial charge is 0.414 e. The van der Waals surface area contributed by atoms with Gasteiger partial charge in [-0.25, -0.2) is 46.3 Å². The number of ether oxygens (including phenoxy) is 1. The van der Waals surface area contributed by atoms with Gasteiger partial charge in [-0.2, -0.15) is 4.57 Å². The van der Waals surface area contributed by atoms with E-state index < -0.39 is 59.5 Å². The van der Waals surface area contributed by atoms with Gasteiger partial charge in [0, 0.05) is 37.8 Å². The number of pyridine rings is 1. The molecule has 0 unspecified atom stereocenters. The lowest BCUT2D eigenvalue weighted by molar-refractivity contribution is -0.129. The first kappa shape index (κ1) is 26.2. The predicted molar refractivity (Wildman–Crippen MR) is 129 cm³/mol. The highest BCUT2D eigenvalue weighted by atomic mass is 19.3. The summed E-state index contributed by atoms with van der Waals surface area (Å²) in [4.78, 5) is 55.6. The topological polar surface area (TPSA) is 112 Å². The number of benzene rings is 1. The number of cyclic esters (lactones) is 1. The van der Waals surface area contributed by atoms with Crippen molar-refractivity contribution in [3.8, 4) is 5.82 Å². The Labute approximate surface area is 217 Å². The van der Waals surface area contributed by atoms with Gasteiger partial charge in [-0.3, -0.25) is 9.69 Å². The summed E-state index contributed by atoms with van der Waals surface area (Å²) in [5.41, 5.74) is -1.80. The standard InChI is InChI=1S/C24H22F4N6O5/c25-16-11-14(31-13-15(39-24(31)38)4-5-18(35)21(27)28)12-17(26)20(16)30-7-9-32-22(36)34(19-3-1-2-6-29-19)23(37)33(32)10-8-30/h1-3,6,11-12,15,21H,4-5,7-10,13H2/t15-/m0/s1. The van der Waals surface area contributed by atoms with E-state index in [0.29, 0.717) is 0 Å². The molecule has 0 N–H and O–H groups in total. The second-order valence-electron chi connectivity index (χ2n) is 9.00. The Kier molecular flexibility index (Phi) is 6.97. The number of Topliss-reactive ketones (excluding diaryl/α,β-unsaturated/α-hetero) is 1. The Morgan fingerprint density at radius 2 is 1.64 bits per heavy atom. The van der Waals surface area contributed by atoms with Gasteiger partial charge in [-0.1, -0.05) is 6.07 Å². The number of hydrogen-bond donors (Lipinski definition) is 0. The lowest BCUT2D eigenvalue weighted by Crippen LogP contribution is -2.34. The number of carbonyl (C=O) groups is 2. The summed E-state index contributed by atoms with van der Waals surface area (Å²) in [5.74, 6) is -3.10. The molecule has 1 atom stereocenters. The zero-order valence-electron chi connectivity index (χ0n) is 20.3. The molecule has 2 aliphatic heterocycles. The molecular weight excluding hydrogens is 528 g/mol. The van der Waals surface area contributed by atoms with E-state index in [1.54, 1.807) is 12.1 Å². The largest absolute Gasteiger partial charge is 0.444 e. The number of nitrogens with zero attached hydrogens (tertiary/aromatic N) is 6. The number of rotatable bonds is 7. The van der Waals surface area contributed by atoms with Crippen LogP contribution >= 0.6 is 0 Å². The van der Waals surface area contributed by atoms with Crippen LogP contribution in [0.3, 0.4) is 0 Å². The molecule has 1 amide bonds. The molecule has 1 aromatic carbocycles. The Bertz CT molecular complexity index is 1470. The van der Waals surface area contributed by atoms with Crippen LogP contribution in [-0.4, -0.2) is 63.0 Å². The zero-order chi connectivity index (χ0) is 27.8. The maximum atomic E-state index is 15.2. The highest BCUT2D eigenvalue weighted by Gasteiger charge is 2.34. The summed E-state index contributed by atoms with van der Waals surface area (Å²) in [6.45, 7) is -0.230. The summed E-state index contributed by atoms with van der Waals surface area (Å²) in [6, 6.07) is 6.68. The molecule has 0 spiro atoms. The second kappa shape index (κ2) is 10.4. The Morgan fingerprint density at radius 3 is 2.21 bits per heavy atom. The minimum absolute atomic E-state index is 0.00472. The molecule has 39 heavy (non-hydrogen) atoms. The third-order valence-corrected chi connectivity index (χ3v) is 6.62. The van der Waals surface area contributed by atoms with E-state index in [-0.39, 0.29) is 50.6 Å². The third-order valence-electron chi connectivity index (χ3n) is 6.62. The Hall–Kier alpha value is -4.43. The Balaban J connectivity index is 1.33. The average Bonchev–Trinajstić information content (AvgIpc) is 3.28. The number of ketones is 1. The number of alkyl halides is 2. The maximum absolute atomic E-state index is 15.2. The fraction of sp³-hybridized carbons (Fsp3) is 0.375. The van der Waals surface area contributed by atoms with Gasteiger partial charge in [0.1, 0.15) is 17.6 Å². The predicted octanol–water partition coefficient (Wildman–Crippen LogP) is 1.93. The monoisotopic (exact) mass is 550 g/mol. The molecule has 1 fully saturated rings. The van der Waals surface area contributed by atoms with Crippen molar-refractivity contribution in [2.75, 3.05) is 29.4 Å². The second-order valence-corrected chi connectivity index (χ2v) is 9.00. The van der Waals surface area contributed by atoms with Crippen molar-refractivity contribution in [2.24, 2.45) is 0 Å². The van der Waals surface area contributed by atoms with Gasteiger partial charge >= 0.3 is 17.5 Å². The molecule has 15 heteroatoms. The van der Waals surface area contributed by atoms with Crippen LogP contribution in [0.4, 0.5) is 33.7 Å². The SMILES string of the molecule is O=C(CC[C@H]1CN(c2cc(F)c(N3CCn4c(=O)n(-c5ccccn5)c(=O)n4CC3)c(F)c2)C(=O)O1)C(F)F. The van der Waals surface area contributed by atoms with E-state index in [1.165, 1.54) is 26.5 Å². The molecule has 11 nitrogen and oxygen atoms in total. The van der Waals surface area contributed by atoms with E-state index in [4.69, 9.17) is 4.74 Å². The molecule has 2 aliphatic rings. The number of halogens is 4. The summed E-state index contributed by atoms with van der Waals surface area (Å²) in [5, 5.41) is 0. The molecule has 206 valence electrons. The van der Waals surface area contributed by atoms with Gasteiger partial charge < -0.3 is 9.64 Å². The van der Waals surface area contributed by atoms with Gasteiger partial charge in [0.25, 0.3) is 6.43 Å². The third kappa shape index (κ3) is 4.91. The van der Waals surface area contributed by atoms with Crippen molar-refractivity contribution in [2.45, 2.75) is 38.5 Å². The zero-order valence-corrected chi connectivity index (χ0v) is 20.3. The number of aromatic nitrogens is 4. The van der Waals surface area contributed by atoms with Gasteiger partial charge in [-0.15, -0.1) is 0 Å². The van der Waals surface area contributed by atoms with Crippen LogP contribution in [0.5, 0.6) is 0 Å². The fourth-order valence-electron chi connectivity index (χ4n) is 4.71. The molecule has 0 saturated carbocycles. The summed E-state index contributed by atoms with van der Waals surface area (Å²) < 4.78 is 63.6. The lowest BCUT2D eigenvalue weighted by atomic mass is 10.1. The summed E-state index contributed by atoms with van der Waals surface area (Å²) in [7, 11) is 0. The van der Waals surface area contributed by atoms with E-state index in [9.17, 15) is 28.0 Å². The minimum Gasteiger partial charge on any atom is -0.444 e. The van der Waals surface area contributed by atoms with E-state index >= 15 is 8.78 Å². The molecule has 0 radical (unpaired) electrons. The normalized spacial score (nSPS) is 17.4. The molecule has 3 aromatic rings. The van der Waals surface area contributed by atoms with Crippen LogP contribution < -0.4 is 21.2 Å². The van der Waals surface area contributed by atoms with E-state index in [2.05, 4.69) is 4.98 Å². The quantitative estimate of drug-likeness (QED) is 0.414. The summed E-state index contributed by atoms with van der Waals surface area (Å²) in [6.07, 6.45) is -4.14. The molecule has 0 bridgehead atoms. The maximum Gasteiger partial charge on any atom is 0.414 e. The highest BCUT2D eigenvalue weighted by Crippen LogP contribution is 2.32.